The normalized spacial score (nSPS) is 24.5. The summed E-state index contributed by atoms with van der Waals surface area (Å²) >= 11 is 0. The van der Waals surface area contributed by atoms with Gasteiger partial charge in [0.1, 0.15) is 0 Å². The van der Waals surface area contributed by atoms with Crippen molar-refractivity contribution < 1.29 is 4.79 Å². The molecule has 1 aliphatic rings. The van der Waals surface area contributed by atoms with Crippen molar-refractivity contribution in [3.05, 3.63) is 0 Å². The molecule has 0 aromatic carbocycles. The molecule has 1 aliphatic heterocycles. The van der Waals surface area contributed by atoms with Gasteiger partial charge in [-0.1, -0.05) is 0 Å². The third-order valence-corrected chi connectivity index (χ3v) is 2.95. The van der Waals surface area contributed by atoms with E-state index in [-0.39, 0.29) is 11.8 Å². The standard InChI is InChI=1S/C12H20N2O/c1-4-5-7-12(15)11-10-13(2)8-6-9-14(11)3/h1,11H,5-10H2,2-3H3. The average molecular weight is 208 g/mol. The summed E-state index contributed by atoms with van der Waals surface area (Å²) in [5, 5.41) is 0. The maximum atomic E-state index is 11.9. The summed E-state index contributed by atoms with van der Waals surface area (Å²) in [5.74, 6) is 2.81. The van der Waals surface area contributed by atoms with Crippen LogP contribution in [0.5, 0.6) is 0 Å². The Balaban J connectivity index is 2.55. The molecule has 0 saturated carbocycles. The van der Waals surface area contributed by atoms with E-state index in [1.165, 1.54) is 0 Å². The van der Waals surface area contributed by atoms with Crippen LogP contribution in [0, 0.1) is 12.3 Å². The van der Waals surface area contributed by atoms with Gasteiger partial charge < -0.3 is 4.90 Å². The van der Waals surface area contributed by atoms with E-state index in [1.807, 2.05) is 7.05 Å². The number of terminal acetylenes is 1. The lowest BCUT2D eigenvalue weighted by Crippen LogP contribution is -2.43. The first-order valence-corrected chi connectivity index (χ1v) is 5.50. The molecule has 1 saturated heterocycles. The highest BCUT2D eigenvalue weighted by atomic mass is 16.1. The molecule has 0 spiro atoms. The van der Waals surface area contributed by atoms with Gasteiger partial charge in [-0.25, -0.2) is 0 Å². The Labute approximate surface area is 92.4 Å². The predicted molar refractivity (Wildman–Crippen MR) is 61.6 cm³/mol. The maximum absolute atomic E-state index is 11.9. The molecular formula is C12H20N2O. The van der Waals surface area contributed by atoms with Crippen LogP contribution in [-0.2, 0) is 4.79 Å². The summed E-state index contributed by atoms with van der Waals surface area (Å²) in [4.78, 5) is 16.3. The zero-order valence-electron chi connectivity index (χ0n) is 9.70. The molecule has 1 rings (SSSR count). The van der Waals surface area contributed by atoms with Gasteiger partial charge in [-0.3, -0.25) is 9.69 Å². The third kappa shape index (κ3) is 3.65. The van der Waals surface area contributed by atoms with E-state index in [1.54, 1.807) is 0 Å². The van der Waals surface area contributed by atoms with E-state index < -0.39 is 0 Å². The zero-order chi connectivity index (χ0) is 11.3. The summed E-state index contributed by atoms with van der Waals surface area (Å²) < 4.78 is 0. The molecule has 1 heterocycles. The van der Waals surface area contributed by atoms with Crippen molar-refractivity contribution in [3.8, 4) is 12.3 Å². The summed E-state index contributed by atoms with van der Waals surface area (Å²) in [6.07, 6.45) is 7.38. The molecule has 0 amide bonds. The van der Waals surface area contributed by atoms with Crippen molar-refractivity contribution in [1.29, 1.82) is 0 Å². The van der Waals surface area contributed by atoms with E-state index in [4.69, 9.17) is 6.42 Å². The fourth-order valence-corrected chi connectivity index (χ4v) is 1.98. The Hall–Kier alpha value is -0.850. The van der Waals surface area contributed by atoms with Gasteiger partial charge in [-0.2, -0.15) is 0 Å². The van der Waals surface area contributed by atoms with Crippen LogP contribution < -0.4 is 0 Å². The van der Waals surface area contributed by atoms with Crippen molar-refractivity contribution >= 4 is 5.78 Å². The number of hydrogen-bond donors (Lipinski definition) is 0. The molecule has 3 heteroatoms. The number of Topliss-reactive ketones (excluding diaryl/α,β-unsaturated/α-hetero) is 1. The second-order valence-corrected chi connectivity index (χ2v) is 4.28. The molecular weight excluding hydrogens is 188 g/mol. The smallest absolute Gasteiger partial charge is 0.152 e. The molecule has 15 heavy (non-hydrogen) atoms. The lowest BCUT2D eigenvalue weighted by Gasteiger charge is -2.25. The van der Waals surface area contributed by atoms with Crippen LogP contribution in [0.4, 0.5) is 0 Å². The van der Waals surface area contributed by atoms with Gasteiger partial charge in [0, 0.05) is 19.4 Å². The van der Waals surface area contributed by atoms with Crippen LogP contribution in [0.1, 0.15) is 19.3 Å². The molecule has 0 aromatic heterocycles. The highest BCUT2D eigenvalue weighted by Crippen LogP contribution is 2.09. The van der Waals surface area contributed by atoms with E-state index in [2.05, 4.69) is 22.8 Å². The van der Waals surface area contributed by atoms with Crippen LogP contribution >= 0.6 is 0 Å². The van der Waals surface area contributed by atoms with Crippen molar-refractivity contribution in [2.24, 2.45) is 0 Å². The molecule has 1 fully saturated rings. The first-order chi connectivity index (χ1) is 7.15. The Morgan fingerprint density at radius 2 is 2.20 bits per heavy atom. The fourth-order valence-electron chi connectivity index (χ4n) is 1.98. The van der Waals surface area contributed by atoms with Gasteiger partial charge in [-0.15, -0.1) is 12.3 Å². The van der Waals surface area contributed by atoms with Crippen LogP contribution in [0.15, 0.2) is 0 Å². The average Bonchev–Trinajstić information content (AvgIpc) is 2.37. The minimum atomic E-state index is 0.0332. The number of rotatable bonds is 3. The van der Waals surface area contributed by atoms with Crippen molar-refractivity contribution in [2.75, 3.05) is 33.7 Å². The largest absolute Gasteiger partial charge is 0.304 e. The molecule has 0 N–H and O–H groups in total. The van der Waals surface area contributed by atoms with Crippen molar-refractivity contribution in [2.45, 2.75) is 25.3 Å². The Bertz CT molecular complexity index is 257. The first kappa shape index (κ1) is 12.2. The second kappa shape index (κ2) is 5.89. The number of likely N-dealkylation sites (N-methyl/N-ethyl adjacent to an activating group) is 2. The molecule has 3 nitrogen and oxygen atoms in total. The van der Waals surface area contributed by atoms with Gasteiger partial charge in [0.25, 0.3) is 0 Å². The highest BCUT2D eigenvalue weighted by molar-refractivity contribution is 5.84. The van der Waals surface area contributed by atoms with Crippen LogP contribution in [0.25, 0.3) is 0 Å². The number of hydrogen-bond acceptors (Lipinski definition) is 3. The minimum Gasteiger partial charge on any atom is -0.304 e. The van der Waals surface area contributed by atoms with E-state index in [0.29, 0.717) is 12.8 Å². The van der Waals surface area contributed by atoms with Gasteiger partial charge in [0.05, 0.1) is 6.04 Å². The number of ketones is 1. The highest BCUT2D eigenvalue weighted by Gasteiger charge is 2.25. The third-order valence-electron chi connectivity index (χ3n) is 2.95. The summed E-state index contributed by atoms with van der Waals surface area (Å²) in [7, 11) is 4.10. The van der Waals surface area contributed by atoms with Crippen molar-refractivity contribution in [1.82, 2.24) is 9.80 Å². The molecule has 1 unspecified atom stereocenters. The Kier molecular flexibility index (Phi) is 4.80. The zero-order valence-corrected chi connectivity index (χ0v) is 9.70. The Morgan fingerprint density at radius 3 is 2.87 bits per heavy atom. The lowest BCUT2D eigenvalue weighted by molar-refractivity contribution is -0.123. The predicted octanol–water partition coefficient (Wildman–Crippen LogP) is 0.605. The first-order valence-electron chi connectivity index (χ1n) is 5.50. The fraction of sp³-hybridized carbons (Fsp3) is 0.750. The molecule has 0 aliphatic carbocycles. The minimum absolute atomic E-state index is 0.0332. The molecule has 0 aromatic rings. The molecule has 0 bridgehead atoms. The summed E-state index contributed by atoms with van der Waals surface area (Å²) in [6, 6.07) is 0.0332. The lowest BCUT2D eigenvalue weighted by atomic mass is 10.1. The van der Waals surface area contributed by atoms with Crippen molar-refractivity contribution in [3.63, 3.8) is 0 Å². The monoisotopic (exact) mass is 208 g/mol. The topological polar surface area (TPSA) is 23.6 Å². The second-order valence-electron chi connectivity index (χ2n) is 4.28. The van der Waals surface area contributed by atoms with E-state index >= 15 is 0 Å². The van der Waals surface area contributed by atoms with Crippen LogP contribution in [-0.4, -0.2) is 55.4 Å². The van der Waals surface area contributed by atoms with Gasteiger partial charge in [0.15, 0.2) is 5.78 Å². The number of carbonyl (C=O) groups excluding carboxylic acids is 1. The van der Waals surface area contributed by atoms with E-state index in [0.717, 1.165) is 26.1 Å². The maximum Gasteiger partial charge on any atom is 0.152 e. The van der Waals surface area contributed by atoms with Gasteiger partial charge in [0.2, 0.25) is 0 Å². The van der Waals surface area contributed by atoms with Crippen LogP contribution in [0.3, 0.4) is 0 Å². The van der Waals surface area contributed by atoms with Gasteiger partial charge in [-0.05, 0) is 33.6 Å². The quantitative estimate of drug-likeness (QED) is 0.635. The summed E-state index contributed by atoms with van der Waals surface area (Å²) in [6.45, 7) is 2.90. The SMILES string of the molecule is C#CCCC(=O)C1CN(C)CCCN1C. The molecule has 84 valence electrons. The number of nitrogens with zero attached hydrogens (tertiary/aromatic N) is 2. The molecule has 0 radical (unpaired) electrons. The molecule has 1 atom stereocenters. The number of carbonyl (C=O) groups is 1. The van der Waals surface area contributed by atoms with Gasteiger partial charge >= 0.3 is 0 Å². The van der Waals surface area contributed by atoms with E-state index in [9.17, 15) is 4.79 Å². The van der Waals surface area contributed by atoms with Crippen LogP contribution in [0.2, 0.25) is 0 Å². The Morgan fingerprint density at radius 1 is 1.47 bits per heavy atom. The summed E-state index contributed by atoms with van der Waals surface area (Å²) in [5.41, 5.74) is 0.